The van der Waals surface area contributed by atoms with E-state index in [0.717, 1.165) is 19.4 Å². The molecule has 1 aromatic carbocycles. The van der Waals surface area contributed by atoms with E-state index in [-0.39, 0.29) is 24.3 Å². The Morgan fingerprint density at radius 2 is 1.88 bits per heavy atom. The molecule has 0 aromatic heterocycles. The van der Waals surface area contributed by atoms with Crippen LogP contribution in [0.25, 0.3) is 0 Å². The first kappa shape index (κ1) is 19.1. The Kier molecular flexibility index (Phi) is 7.57. The number of ether oxygens (including phenoxy) is 2. The van der Waals surface area contributed by atoms with Crippen molar-refractivity contribution in [1.29, 1.82) is 0 Å². The molecule has 0 saturated carbocycles. The highest BCUT2D eigenvalue weighted by Crippen LogP contribution is 2.26. The van der Waals surface area contributed by atoms with E-state index in [9.17, 15) is 9.59 Å². The molecule has 2 amide bonds. The molecule has 1 heterocycles. The van der Waals surface area contributed by atoms with Gasteiger partial charge in [-0.2, -0.15) is 0 Å². The van der Waals surface area contributed by atoms with Gasteiger partial charge in [0.15, 0.2) is 18.1 Å². The van der Waals surface area contributed by atoms with Gasteiger partial charge in [0.05, 0.1) is 7.11 Å². The number of piperidine rings is 1. The summed E-state index contributed by atoms with van der Waals surface area (Å²) in [6.45, 7) is 4.01. The fraction of sp³-hybridized carbons (Fsp3) is 0.579. The third-order valence-electron chi connectivity index (χ3n) is 4.47. The molecule has 0 bridgehead atoms. The maximum Gasteiger partial charge on any atom is 0.260 e. The summed E-state index contributed by atoms with van der Waals surface area (Å²) in [5.41, 5.74) is 0. The van der Waals surface area contributed by atoms with Crippen LogP contribution in [0.2, 0.25) is 0 Å². The fourth-order valence-corrected chi connectivity index (χ4v) is 2.89. The molecule has 0 atom stereocenters. The van der Waals surface area contributed by atoms with Gasteiger partial charge in [-0.25, -0.2) is 0 Å². The van der Waals surface area contributed by atoms with E-state index in [1.165, 1.54) is 0 Å². The molecule has 25 heavy (non-hydrogen) atoms. The Morgan fingerprint density at radius 1 is 1.20 bits per heavy atom. The normalized spacial score (nSPS) is 14.9. The largest absolute Gasteiger partial charge is 0.493 e. The molecule has 1 fully saturated rings. The van der Waals surface area contributed by atoms with Crippen molar-refractivity contribution in [3.8, 4) is 11.5 Å². The zero-order chi connectivity index (χ0) is 18.1. The van der Waals surface area contributed by atoms with Crippen LogP contribution in [0.4, 0.5) is 0 Å². The molecule has 6 nitrogen and oxygen atoms in total. The van der Waals surface area contributed by atoms with E-state index in [2.05, 4.69) is 12.2 Å². The van der Waals surface area contributed by atoms with Gasteiger partial charge >= 0.3 is 0 Å². The van der Waals surface area contributed by atoms with Crippen molar-refractivity contribution in [2.24, 2.45) is 5.92 Å². The quantitative estimate of drug-likeness (QED) is 0.732. The highest BCUT2D eigenvalue weighted by Gasteiger charge is 2.27. The van der Waals surface area contributed by atoms with Crippen molar-refractivity contribution in [2.75, 3.05) is 33.4 Å². The van der Waals surface area contributed by atoms with Gasteiger partial charge in [-0.05, 0) is 31.4 Å². The molecule has 0 aliphatic carbocycles. The highest BCUT2D eigenvalue weighted by molar-refractivity contribution is 5.80. The van der Waals surface area contributed by atoms with Crippen LogP contribution >= 0.6 is 0 Å². The molecule has 2 rings (SSSR count). The molecule has 0 spiro atoms. The average Bonchev–Trinajstić information content (AvgIpc) is 2.66. The summed E-state index contributed by atoms with van der Waals surface area (Å²) in [6.07, 6.45) is 3.49. The van der Waals surface area contributed by atoms with Crippen LogP contribution in [0, 0.1) is 5.92 Å². The van der Waals surface area contributed by atoms with E-state index in [0.29, 0.717) is 37.4 Å². The summed E-state index contributed by atoms with van der Waals surface area (Å²) in [5, 5.41) is 2.98. The maximum absolute atomic E-state index is 12.3. The van der Waals surface area contributed by atoms with Gasteiger partial charge in [-0.1, -0.05) is 25.5 Å². The first-order chi connectivity index (χ1) is 12.2. The average molecular weight is 348 g/mol. The van der Waals surface area contributed by atoms with Gasteiger partial charge in [0.1, 0.15) is 0 Å². The van der Waals surface area contributed by atoms with Crippen molar-refractivity contribution in [3.05, 3.63) is 24.3 Å². The number of nitrogens with zero attached hydrogens (tertiary/aromatic N) is 1. The van der Waals surface area contributed by atoms with E-state index in [1.54, 1.807) is 24.1 Å². The van der Waals surface area contributed by atoms with Crippen molar-refractivity contribution in [3.63, 3.8) is 0 Å². The Hall–Kier alpha value is -2.24. The number of nitrogens with one attached hydrogen (secondary N) is 1. The molecular weight excluding hydrogens is 320 g/mol. The summed E-state index contributed by atoms with van der Waals surface area (Å²) in [7, 11) is 1.57. The second kappa shape index (κ2) is 9.91. The number of hydrogen-bond donors (Lipinski definition) is 1. The van der Waals surface area contributed by atoms with Crippen molar-refractivity contribution >= 4 is 11.8 Å². The minimum Gasteiger partial charge on any atom is -0.493 e. The molecule has 1 N–H and O–H groups in total. The smallest absolute Gasteiger partial charge is 0.260 e. The number of benzene rings is 1. The molecule has 1 aromatic rings. The molecular formula is C19H28N2O4. The molecule has 138 valence electrons. The lowest BCUT2D eigenvalue weighted by molar-refractivity contribution is -0.137. The number of carbonyl (C=O) groups is 2. The third kappa shape index (κ3) is 5.66. The number of rotatable bonds is 8. The number of para-hydroxylation sites is 2. The number of amides is 2. The number of carbonyl (C=O) groups excluding carboxylic acids is 2. The summed E-state index contributed by atoms with van der Waals surface area (Å²) < 4.78 is 10.8. The standard InChI is InChI=1S/C19H28N2O4/c1-3-4-11-20-19(23)15-9-12-21(13-10-15)18(22)14-25-17-8-6-5-7-16(17)24-2/h5-8,15H,3-4,9-14H2,1-2H3,(H,20,23). The number of likely N-dealkylation sites (tertiary alicyclic amines) is 1. The van der Waals surface area contributed by atoms with Crippen LogP contribution in [0.15, 0.2) is 24.3 Å². The lowest BCUT2D eigenvalue weighted by Crippen LogP contribution is -2.44. The minimum absolute atomic E-state index is 0.0102. The highest BCUT2D eigenvalue weighted by atomic mass is 16.5. The zero-order valence-electron chi connectivity index (χ0n) is 15.1. The second-order valence-electron chi connectivity index (χ2n) is 6.24. The van der Waals surface area contributed by atoms with Crippen molar-refractivity contribution in [2.45, 2.75) is 32.6 Å². The van der Waals surface area contributed by atoms with E-state index < -0.39 is 0 Å². The van der Waals surface area contributed by atoms with Crippen LogP contribution in [0.1, 0.15) is 32.6 Å². The summed E-state index contributed by atoms with van der Waals surface area (Å²) in [5.74, 6) is 1.24. The molecule has 6 heteroatoms. The maximum atomic E-state index is 12.3. The Bertz CT molecular complexity index is 568. The molecule has 0 unspecified atom stereocenters. The summed E-state index contributed by atoms with van der Waals surface area (Å²) in [4.78, 5) is 26.2. The SMILES string of the molecule is CCCCNC(=O)C1CCN(C(=O)COc2ccccc2OC)CC1. The Labute approximate surface area is 149 Å². The molecule has 1 aliphatic heterocycles. The van der Waals surface area contributed by atoms with E-state index in [1.807, 2.05) is 12.1 Å². The van der Waals surface area contributed by atoms with Crippen LogP contribution in [-0.4, -0.2) is 50.1 Å². The number of hydrogen-bond acceptors (Lipinski definition) is 4. The Balaban J connectivity index is 1.74. The first-order valence-electron chi connectivity index (χ1n) is 8.97. The van der Waals surface area contributed by atoms with Gasteiger partial charge in [-0.15, -0.1) is 0 Å². The topological polar surface area (TPSA) is 67.9 Å². The number of methoxy groups -OCH3 is 1. The van der Waals surface area contributed by atoms with Crippen molar-refractivity contribution < 1.29 is 19.1 Å². The lowest BCUT2D eigenvalue weighted by atomic mass is 9.96. The molecule has 1 aliphatic rings. The predicted molar refractivity (Wildman–Crippen MR) is 95.7 cm³/mol. The van der Waals surface area contributed by atoms with E-state index >= 15 is 0 Å². The van der Waals surface area contributed by atoms with Gasteiger partial charge in [0.25, 0.3) is 5.91 Å². The van der Waals surface area contributed by atoms with Crippen molar-refractivity contribution in [1.82, 2.24) is 10.2 Å². The van der Waals surface area contributed by atoms with Gasteiger partial charge in [0, 0.05) is 25.6 Å². The lowest BCUT2D eigenvalue weighted by Gasteiger charge is -2.31. The zero-order valence-corrected chi connectivity index (χ0v) is 15.1. The minimum atomic E-state index is -0.0595. The molecule has 1 saturated heterocycles. The van der Waals surface area contributed by atoms with Crippen LogP contribution in [0.3, 0.4) is 0 Å². The predicted octanol–water partition coefficient (Wildman–Crippen LogP) is 2.23. The Morgan fingerprint density at radius 3 is 2.52 bits per heavy atom. The second-order valence-corrected chi connectivity index (χ2v) is 6.24. The third-order valence-corrected chi connectivity index (χ3v) is 4.47. The van der Waals surface area contributed by atoms with Crippen LogP contribution in [-0.2, 0) is 9.59 Å². The van der Waals surface area contributed by atoms with Crippen LogP contribution in [0.5, 0.6) is 11.5 Å². The van der Waals surface area contributed by atoms with Crippen LogP contribution < -0.4 is 14.8 Å². The van der Waals surface area contributed by atoms with Gasteiger partial charge in [0.2, 0.25) is 5.91 Å². The monoisotopic (exact) mass is 348 g/mol. The van der Waals surface area contributed by atoms with Gasteiger partial charge in [-0.3, -0.25) is 9.59 Å². The van der Waals surface area contributed by atoms with Gasteiger partial charge < -0.3 is 19.7 Å². The molecule has 0 radical (unpaired) electrons. The number of unbranched alkanes of at least 4 members (excludes halogenated alkanes) is 1. The summed E-state index contributed by atoms with van der Waals surface area (Å²) in [6, 6.07) is 7.26. The summed E-state index contributed by atoms with van der Waals surface area (Å²) >= 11 is 0. The first-order valence-corrected chi connectivity index (χ1v) is 8.97. The van der Waals surface area contributed by atoms with E-state index in [4.69, 9.17) is 9.47 Å². The fourth-order valence-electron chi connectivity index (χ4n) is 2.89.